The average molecular weight is 245 g/mol. The van der Waals surface area contributed by atoms with Crippen LogP contribution in [-0.4, -0.2) is 26.8 Å². The summed E-state index contributed by atoms with van der Waals surface area (Å²) < 4.78 is 11.7. The minimum atomic E-state index is 0.230. The van der Waals surface area contributed by atoms with Crippen LogP contribution in [0.1, 0.15) is 5.69 Å². The maximum Gasteiger partial charge on any atom is 0.198 e. The summed E-state index contributed by atoms with van der Waals surface area (Å²) in [4.78, 5) is 4.46. The Balaban J connectivity index is 2.26. The lowest BCUT2D eigenvalue weighted by atomic mass is 10.2. The van der Waals surface area contributed by atoms with Gasteiger partial charge in [0.25, 0.3) is 0 Å². The summed E-state index contributed by atoms with van der Waals surface area (Å²) in [5, 5.41) is 7.32. The second kappa shape index (κ2) is 3.73. The Hall–Kier alpha value is -2.57. The molecular weight excluding hydrogens is 234 g/mol. The molecule has 0 aromatic carbocycles. The maximum absolute atomic E-state index is 5.68. The van der Waals surface area contributed by atoms with Crippen LogP contribution < -0.4 is 10.5 Å². The normalized spacial score (nSPS) is 11.0. The topological polar surface area (TPSA) is 91.5 Å². The van der Waals surface area contributed by atoms with Crippen LogP contribution in [0.4, 0.5) is 5.82 Å². The number of nitrogens with two attached hydrogens (primary N) is 1. The molecule has 0 saturated heterocycles. The molecule has 0 aliphatic heterocycles. The Morgan fingerprint density at radius 3 is 2.78 bits per heavy atom. The standard InChI is InChI=1S/C11H11N5O2/c1-6-9(10-11(12)15-18-14-10)13-8-4-3-7(17-2)5-16(6)8/h3-5H,1-2H3,(H2,12,15). The van der Waals surface area contributed by atoms with E-state index in [1.807, 2.05) is 29.7 Å². The van der Waals surface area contributed by atoms with Gasteiger partial charge in [0.2, 0.25) is 0 Å². The quantitative estimate of drug-likeness (QED) is 0.731. The van der Waals surface area contributed by atoms with Gasteiger partial charge in [-0.1, -0.05) is 0 Å². The fourth-order valence-electron chi connectivity index (χ4n) is 1.85. The van der Waals surface area contributed by atoms with E-state index in [-0.39, 0.29) is 5.82 Å². The average Bonchev–Trinajstić information content (AvgIpc) is 2.93. The van der Waals surface area contributed by atoms with Crippen LogP contribution in [0.15, 0.2) is 23.0 Å². The number of aryl methyl sites for hydroxylation is 1. The number of nitrogens with zero attached hydrogens (tertiary/aromatic N) is 4. The fraction of sp³-hybridized carbons (Fsp3) is 0.182. The predicted octanol–water partition coefficient (Wildman–Crippen LogP) is 1.28. The van der Waals surface area contributed by atoms with Gasteiger partial charge in [0.1, 0.15) is 17.1 Å². The largest absolute Gasteiger partial charge is 0.495 e. The first kappa shape index (κ1) is 10.6. The lowest BCUT2D eigenvalue weighted by molar-refractivity contribution is 0.310. The van der Waals surface area contributed by atoms with E-state index >= 15 is 0 Å². The summed E-state index contributed by atoms with van der Waals surface area (Å²) in [6, 6.07) is 3.70. The van der Waals surface area contributed by atoms with E-state index in [1.54, 1.807) is 7.11 Å². The Kier molecular flexibility index (Phi) is 2.19. The van der Waals surface area contributed by atoms with E-state index in [0.717, 1.165) is 17.1 Å². The van der Waals surface area contributed by atoms with Crippen molar-refractivity contribution in [2.45, 2.75) is 6.92 Å². The highest BCUT2D eigenvalue weighted by molar-refractivity contribution is 5.70. The minimum Gasteiger partial charge on any atom is -0.495 e. The number of methoxy groups -OCH3 is 1. The van der Waals surface area contributed by atoms with Crippen molar-refractivity contribution in [3.63, 3.8) is 0 Å². The molecule has 0 fully saturated rings. The van der Waals surface area contributed by atoms with E-state index in [1.165, 1.54) is 0 Å². The molecule has 0 bridgehead atoms. The predicted molar refractivity (Wildman–Crippen MR) is 64.2 cm³/mol. The summed E-state index contributed by atoms with van der Waals surface area (Å²) >= 11 is 0. The Morgan fingerprint density at radius 2 is 2.11 bits per heavy atom. The number of pyridine rings is 1. The lowest BCUT2D eigenvalue weighted by Gasteiger charge is -2.01. The van der Waals surface area contributed by atoms with Crippen molar-refractivity contribution in [1.29, 1.82) is 0 Å². The van der Waals surface area contributed by atoms with Gasteiger partial charge in [0.05, 0.1) is 13.3 Å². The summed E-state index contributed by atoms with van der Waals surface area (Å²) in [7, 11) is 1.62. The number of aromatic nitrogens is 4. The zero-order valence-electron chi connectivity index (χ0n) is 9.91. The Labute approximate surface area is 102 Å². The number of hydrogen-bond donors (Lipinski definition) is 1. The van der Waals surface area contributed by atoms with Crippen molar-refractivity contribution in [1.82, 2.24) is 19.7 Å². The van der Waals surface area contributed by atoms with E-state index in [4.69, 9.17) is 10.5 Å². The summed E-state index contributed by atoms with van der Waals surface area (Å²) in [6.07, 6.45) is 1.85. The second-order valence-electron chi connectivity index (χ2n) is 3.84. The third-order valence-electron chi connectivity index (χ3n) is 2.80. The molecule has 7 nitrogen and oxygen atoms in total. The second-order valence-corrected chi connectivity index (χ2v) is 3.84. The molecule has 0 unspecified atom stereocenters. The van der Waals surface area contributed by atoms with Gasteiger partial charge in [-0.15, -0.1) is 0 Å². The van der Waals surface area contributed by atoms with Crippen molar-refractivity contribution in [3.8, 4) is 17.1 Å². The van der Waals surface area contributed by atoms with Crippen LogP contribution in [0, 0.1) is 6.92 Å². The minimum absolute atomic E-state index is 0.230. The van der Waals surface area contributed by atoms with Crippen molar-refractivity contribution in [3.05, 3.63) is 24.0 Å². The van der Waals surface area contributed by atoms with Gasteiger partial charge in [-0.3, -0.25) is 4.40 Å². The van der Waals surface area contributed by atoms with E-state index in [2.05, 4.69) is 19.9 Å². The van der Waals surface area contributed by atoms with Gasteiger partial charge in [-0.2, -0.15) is 0 Å². The van der Waals surface area contributed by atoms with Gasteiger partial charge in [0.15, 0.2) is 11.5 Å². The van der Waals surface area contributed by atoms with Crippen LogP contribution in [0.2, 0.25) is 0 Å². The van der Waals surface area contributed by atoms with E-state index in [9.17, 15) is 0 Å². The first-order valence-corrected chi connectivity index (χ1v) is 5.32. The first-order chi connectivity index (χ1) is 8.70. The molecule has 0 aliphatic carbocycles. The number of rotatable bonds is 2. The number of hydrogen-bond acceptors (Lipinski definition) is 6. The Morgan fingerprint density at radius 1 is 1.28 bits per heavy atom. The molecule has 18 heavy (non-hydrogen) atoms. The molecule has 3 aromatic heterocycles. The summed E-state index contributed by atoms with van der Waals surface area (Å²) in [5.74, 6) is 0.981. The van der Waals surface area contributed by atoms with Gasteiger partial charge in [0, 0.05) is 5.69 Å². The highest BCUT2D eigenvalue weighted by Crippen LogP contribution is 2.26. The fourth-order valence-corrected chi connectivity index (χ4v) is 1.85. The van der Waals surface area contributed by atoms with Gasteiger partial charge in [-0.25, -0.2) is 9.61 Å². The number of imidazole rings is 1. The van der Waals surface area contributed by atoms with Gasteiger partial charge >= 0.3 is 0 Å². The molecule has 0 radical (unpaired) electrons. The molecule has 2 N–H and O–H groups in total. The van der Waals surface area contributed by atoms with Crippen molar-refractivity contribution >= 4 is 11.5 Å². The molecule has 3 aromatic rings. The van der Waals surface area contributed by atoms with Crippen LogP contribution in [-0.2, 0) is 0 Å². The van der Waals surface area contributed by atoms with E-state index in [0.29, 0.717) is 11.4 Å². The molecule has 3 rings (SSSR count). The van der Waals surface area contributed by atoms with Gasteiger partial charge in [-0.05, 0) is 29.4 Å². The molecule has 7 heteroatoms. The Bertz CT molecular complexity index is 715. The molecule has 0 aliphatic rings. The maximum atomic E-state index is 5.68. The third kappa shape index (κ3) is 1.41. The highest BCUT2D eigenvalue weighted by atomic mass is 16.6. The zero-order valence-corrected chi connectivity index (χ0v) is 9.91. The molecule has 0 atom stereocenters. The smallest absolute Gasteiger partial charge is 0.198 e. The molecule has 0 spiro atoms. The highest BCUT2D eigenvalue weighted by Gasteiger charge is 2.17. The number of nitrogen functional groups attached to an aromatic ring is 1. The third-order valence-corrected chi connectivity index (χ3v) is 2.80. The van der Waals surface area contributed by atoms with Crippen molar-refractivity contribution in [2.75, 3.05) is 12.8 Å². The van der Waals surface area contributed by atoms with Crippen molar-refractivity contribution < 1.29 is 9.37 Å². The monoisotopic (exact) mass is 245 g/mol. The van der Waals surface area contributed by atoms with Gasteiger partial charge < -0.3 is 10.5 Å². The number of fused-ring (bicyclic) bond motifs is 1. The van der Waals surface area contributed by atoms with Crippen LogP contribution >= 0.6 is 0 Å². The lowest BCUT2D eigenvalue weighted by Crippen LogP contribution is -1.92. The van der Waals surface area contributed by atoms with Crippen LogP contribution in [0.3, 0.4) is 0 Å². The number of anilines is 1. The molecular formula is C11H11N5O2. The summed E-state index contributed by atoms with van der Waals surface area (Å²) in [6.45, 7) is 1.92. The molecule has 92 valence electrons. The van der Waals surface area contributed by atoms with Crippen LogP contribution in [0.25, 0.3) is 17.0 Å². The van der Waals surface area contributed by atoms with E-state index < -0.39 is 0 Å². The molecule has 0 saturated carbocycles. The molecule has 0 amide bonds. The van der Waals surface area contributed by atoms with Crippen molar-refractivity contribution in [2.24, 2.45) is 0 Å². The SMILES string of the molecule is COc1ccc2nc(-c3nonc3N)c(C)n2c1. The number of ether oxygens (including phenoxy) is 1. The molecule has 3 heterocycles. The first-order valence-electron chi connectivity index (χ1n) is 5.32. The zero-order chi connectivity index (χ0) is 12.7. The van der Waals surface area contributed by atoms with Crippen LogP contribution in [0.5, 0.6) is 5.75 Å². The summed E-state index contributed by atoms with van der Waals surface area (Å²) in [5.41, 5.74) is 8.46.